The summed E-state index contributed by atoms with van der Waals surface area (Å²) >= 11 is 3.04. The fourth-order valence-electron chi connectivity index (χ4n) is 3.36. The van der Waals surface area contributed by atoms with Crippen LogP contribution in [0.4, 0.5) is 5.69 Å². The molecular weight excluding hydrogens is 414 g/mol. The van der Waals surface area contributed by atoms with E-state index in [0.717, 1.165) is 27.4 Å². The molecule has 0 aliphatic carbocycles. The van der Waals surface area contributed by atoms with Gasteiger partial charge in [0.05, 0.1) is 5.88 Å². The lowest BCUT2D eigenvalue weighted by molar-refractivity contribution is -0.119. The molecule has 2 aromatic carbocycles. The summed E-state index contributed by atoms with van der Waals surface area (Å²) in [5.74, 6) is 0.709. The van der Waals surface area contributed by atoms with Crippen molar-refractivity contribution >= 4 is 40.6 Å². The Morgan fingerprint density at radius 2 is 1.87 bits per heavy atom. The number of hydrogen-bond donors (Lipinski definition) is 1. The zero-order valence-corrected chi connectivity index (χ0v) is 18.8. The van der Waals surface area contributed by atoms with Crippen molar-refractivity contribution in [3.05, 3.63) is 70.2 Å². The molecule has 154 valence electrons. The Labute approximate surface area is 184 Å². The molecule has 1 aliphatic heterocycles. The van der Waals surface area contributed by atoms with Gasteiger partial charge < -0.3 is 10.2 Å². The monoisotopic (exact) mass is 437 g/mol. The number of aryl methyl sites for hydroxylation is 3. The van der Waals surface area contributed by atoms with Crippen LogP contribution < -0.4 is 5.32 Å². The summed E-state index contributed by atoms with van der Waals surface area (Å²) in [7, 11) is 0. The van der Waals surface area contributed by atoms with Crippen molar-refractivity contribution in [2.75, 3.05) is 16.9 Å². The topological polar surface area (TPSA) is 62.3 Å². The van der Waals surface area contributed by atoms with Crippen LogP contribution in [0.3, 0.4) is 0 Å². The van der Waals surface area contributed by atoms with Gasteiger partial charge in [-0.15, -0.1) is 23.1 Å². The van der Waals surface area contributed by atoms with E-state index in [9.17, 15) is 9.59 Å². The number of carbonyl (C=O) groups excluding carboxylic acids is 2. The predicted octanol–water partition coefficient (Wildman–Crippen LogP) is 4.89. The van der Waals surface area contributed by atoms with E-state index < -0.39 is 6.04 Å². The van der Waals surface area contributed by atoms with Crippen LogP contribution in [0.2, 0.25) is 0 Å². The van der Waals surface area contributed by atoms with E-state index in [-0.39, 0.29) is 11.8 Å². The zero-order chi connectivity index (χ0) is 21.3. The maximum Gasteiger partial charge on any atom is 0.274 e. The fraction of sp³-hybridized carbons (Fsp3) is 0.261. The lowest BCUT2D eigenvalue weighted by Crippen LogP contribution is -2.44. The summed E-state index contributed by atoms with van der Waals surface area (Å²) in [5.41, 5.74) is 5.59. The molecule has 30 heavy (non-hydrogen) atoms. The summed E-state index contributed by atoms with van der Waals surface area (Å²) in [6.07, 6.45) is 0. The molecule has 5 nitrogen and oxygen atoms in total. The lowest BCUT2D eigenvalue weighted by atomic mass is 10.1. The van der Waals surface area contributed by atoms with Gasteiger partial charge in [0.1, 0.15) is 16.7 Å². The summed E-state index contributed by atoms with van der Waals surface area (Å²) < 4.78 is 0. The molecule has 7 heteroatoms. The van der Waals surface area contributed by atoms with Gasteiger partial charge >= 0.3 is 0 Å². The lowest BCUT2D eigenvalue weighted by Gasteiger charge is -2.22. The van der Waals surface area contributed by atoms with Gasteiger partial charge in [0.25, 0.3) is 5.91 Å². The Balaban J connectivity index is 1.50. The predicted molar refractivity (Wildman–Crippen MR) is 124 cm³/mol. The largest absolute Gasteiger partial charge is 0.324 e. The Morgan fingerprint density at radius 3 is 2.63 bits per heavy atom. The molecule has 1 fully saturated rings. The molecule has 1 aromatic heterocycles. The number of hydrogen-bond acceptors (Lipinski definition) is 5. The van der Waals surface area contributed by atoms with Crippen LogP contribution in [0.1, 0.15) is 27.2 Å². The average Bonchev–Trinajstić information content (AvgIpc) is 3.40. The number of thiazole rings is 1. The minimum absolute atomic E-state index is 0.161. The van der Waals surface area contributed by atoms with E-state index in [1.165, 1.54) is 16.9 Å². The van der Waals surface area contributed by atoms with Crippen molar-refractivity contribution in [1.82, 2.24) is 9.88 Å². The van der Waals surface area contributed by atoms with Gasteiger partial charge in [-0.25, -0.2) is 4.98 Å². The molecule has 4 rings (SSSR count). The molecular formula is C23H23N3O2S2. The molecule has 1 unspecified atom stereocenters. The standard InChI is InChI=1S/C23H23N3O2S2/c1-14-8-9-17(10-16(14)3)24-21(27)20-12-29-13-26(20)23(28)19-11-30-22(25-19)18-7-5-4-6-15(18)2/h4-11,20H,12-13H2,1-3H3,(H,24,27). The third-order valence-electron chi connectivity index (χ3n) is 5.32. The first kappa shape index (κ1) is 20.6. The van der Waals surface area contributed by atoms with Gasteiger partial charge in [0, 0.05) is 22.4 Å². The smallest absolute Gasteiger partial charge is 0.274 e. The van der Waals surface area contributed by atoms with Crippen LogP contribution in [0.25, 0.3) is 10.6 Å². The Bertz CT molecular complexity index is 1110. The molecule has 2 amide bonds. The van der Waals surface area contributed by atoms with Crippen LogP contribution in [0.5, 0.6) is 0 Å². The maximum atomic E-state index is 13.1. The third kappa shape index (κ3) is 4.13. The minimum Gasteiger partial charge on any atom is -0.324 e. The van der Waals surface area contributed by atoms with Crippen LogP contribution in [0, 0.1) is 20.8 Å². The Morgan fingerprint density at radius 1 is 1.07 bits per heavy atom. The number of thioether (sulfide) groups is 1. The van der Waals surface area contributed by atoms with Crippen LogP contribution in [0.15, 0.2) is 47.8 Å². The number of carbonyl (C=O) groups is 2. The van der Waals surface area contributed by atoms with E-state index in [1.54, 1.807) is 22.0 Å². The van der Waals surface area contributed by atoms with Crippen molar-refractivity contribution < 1.29 is 9.59 Å². The van der Waals surface area contributed by atoms with Gasteiger partial charge in [-0.2, -0.15) is 0 Å². The van der Waals surface area contributed by atoms with Crippen molar-refractivity contribution in [3.8, 4) is 10.6 Å². The number of aromatic nitrogens is 1. The van der Waals surface area contributed by atoms with E-state index in [1.807, 2.05) is 63.2 Å². The van der Waals surface area contributed by atoms with Crippen molar-refractivity contribution in [2.24, 2.45) is 0 Å². The second-order valence-electron chi connectivity index (χ2n) is 7.43. The molecule has 0 radical (unpaired) electrons. The molecule has 0 bridgehead atoms. The van der Waals surface area contributed by atoms with Gasteiger partial charge in [0.2, 0.25) is 5.91 Å². The fourth-order valence-corrected chi connectivity index (χ4v) is 5.40. The van der Waals surface area contributed by atoms with E-state index in [0.29, 0.717) is 17.3 Å². The van der Waals surface area contributed by atoms with Crippen LogP contribution in [-0.4, -0.2) is 39.4 Å². The highest BCUT2D eigenvalue weighted by Gasteiger charge is 2.36. The SMILES string of the molecule is Cc1ccc(NC(=O)C2CSCN2C(=O)c2csc(-c3ccccc3C)n2)cc1C. The summed E-state index contributed by atoms with van der Waals surface area (Å²) in [6, 6.07) is 13.3. The summed E-state index contributed by atoms with van der Waals surface area (Å²) in [4.78, 5) is 32.2. The minimum atomic E-state index is -0.507. The highest BCUT2D eigenvalue weighted by molar-refractivity contribution is 7.99. The number of benzene rings is 2. The van der Waals surface area contributed by atoms with Crippen molar-refractivity contribution in [2.45, 2.75) is 26.8 Å². The maximum absolute atomic E-state index is 13.1. The molecule has 0 spiro atoms. The second-order valence-corrected chi connectivity index (χ2v) is 9.29. The third-order valence-corrected chi connectivity index (χ3v) is 7.21. The second kappa shape index (κ2) is 8.62. The van der Waals surface area contributed by atoms with Crippen molar-refractivity contribution in [3.63, 3.8) is 0 Å². The Hall–Kier alpha value is -2.64. The highest BCUT2D eigenvalue weighted by atomic mass is 32.2. The first-order valence-corrected chi connectivity index (χ1v) is 11.8. The number of rotatable bonds is 4. The number of amides is 2. The molecule has 1 saturated heterocycles. The van der Waals surface area contributed by atoms with E-state index >= 15 is 0 Å². The van der Waals surface area contributed by atoms with Crippen molar-refractivity contribution in [1.29, 1.82) is 0 Å². The van der Waals surface area contributed by atoms with Gasteiger partial charge in [-0.3, -0.25) is 9.59 Å². The van der Waals surface area contributed by atoms with Gasteiger partial charge in [-0.1, -0.05) is 30.3 Å². The van der Waals surface area contributed by atoms with Gasteiger partial charge in [-0.05, 0) is 49.6 Å². The quantitative estimate of drug-likeness (QED) is 0.631. The molecule has 3 aromatic rings. The first-order valence-electron chi connectivity index (χ1n) is 9.72. The number of nitrogens with one attached hydrogen (secondary N) is 1. The Kier molecular flexibility index (Phi) is 5.92. The molecule has 1 aliphatic rings. The molecule has 1 atom stereocenters. The highest BCUT2D eigenvalue weighted by Crippen LogP contribution is 2.29. The normalized spacial score (nSPS) is 16.0. The van der Waals surface area contributed by atoms with Crippen LogP contribution >= 0.6 is 23.1 Å². The average molecular weight is 438 g/mol. The number of nitrogens with zero attached hydrogens (tertiary/aromatic N) is 2. The number of anilines is 1. The van der Waals surface area contributed by atoms with E-state index in [2.05, 4.69) is 10.3 Å². The molecule has 2 heterocycles. The summed E-state index contributed by atoms with van der Waals surface area (Å²) in [6.45, 7) is 6.08. The molecule has 0 saturated carbocycles. The van der Waals surface area contributed by atoms with Gasteiger partial charge in [0.15, 0.2) is 0 Å². The molecule has 1 N–H and O–H groups in total. The zero-order valence-electron chi connectivity index (χ0n) is 17.1. The van der Waals surface area contributed by atoms with Crippen LogP contribution in [-0.2, 0) is 4.79 Å². The van der Waals surface area contributed by atoms with E-state index in [4.69, 9.17) is 0 Å². The first-order chi connectivity index (χ1) is 14.4. The summed E-state index contributed by atoms with van der Waals surface area (Å²) in [5, 5.41) is 5.56.